The van der Waals surface area contributed by atoms with Gasteiger partial charge in [-0.3, -0.25) is 4.79 Å². The van der Waals surface area contributed by atoms with Gasteiger partial charge in [-0.25, -0.2) is 0 Å². The lowest BCUT2D eigenvalue weighted by Crippen LogP contribution is -2.22. The molecule has 0 heterocycles. The minimum absolute atomic E-state index is 0.0902. The molecule has 15 heavy (non-hydrogen) atoms. The second-order valence-corrected chi connectivity index (χ2v) is 4.35. The molecule has 1 amide bonds. The molecule has 1 atom stereocenters. The summed E-state index contributed by atoms with van der Waals surface area (Å²) >= 11 is 4.08. The Labute approximate surface area is 95.9 Å². The molecule has 0 fully saturated rings. The molecule has 1 aromatic rings. The fourth-order valence-corrected chi connectivity index (χ4v) is 1.27. The number of carbonyl (C=O) groups excluding carboxylic acids is 1. The van der Waals surface area contributed by atoms with Crippen molar-refractivity contribution >= 4 is 29.9 Å². The Morgan fingerprint density at radius 3 is 2.53 bits per heavy atom. The van der Waals surface area contributed by atoms with Crippen LogP contribution in [0, 0.1) is 0 Å². The predicted molar refractivity (Wildman–Crippen MR) is 67.8 cm³/mol. The van der Waals surface area contributed by atoms with Crippen molar-refractivity contribution in [2.24, 2.45) is 0 Å². The summed E-state index contributed by atoms with van der Waals surface area (Å²) in [5, 5.41) is 2.53. The van der Waals surface area contributed by atoms with Crippen molar-refractivity contribution < 1.29 is 4.79 Å². The van der Waals surface area contributed by atoms with Crippen LogP contribution in [0.3, 0.4) is 0 Å². The number of nitrogens with one attached hydrogen (secondary N) is 1. The highest BCUT2D eigenvalue weighted by atomic mass is 32.1. The highest BCUT2D eigenvalue weighted by Crippen LogP contribution is 2.23. The van der Waals surface area contributed by atoms with Crippen LogP contribution < -0.4 is 10.2 Å². The zero-order chi connectivity index (χ0) is 11.4. The monoisotopic (exact) mass is 224 g/mol. The van der Waals surface area contributed by atoms with E-state index < -0.39 is 0 Å². The molecular weight excluding hydrogens is 208 g/mol. The molecule has 0 aromatic heterocycles. The molecule has 1 aromatic carbocycles. The van der Waals surface area contributed by atoms with Crippen LogP contribution in [-0.2, 0) is 4.79 Å². The average molecular weight is 224 g/mol. The predicted octanol–water partition coefficient (Wildman–Crippen LogP) is 2.01. The Morgan fingerprint density at radius 1 is 1.40 bits per heavy atom. The third-order valence-electron chi connectivity index (χ3n) is 2.02. The number of anilines is 2. The first kappa shape index (κ1) is 11.9. The smallest absolute Gasteiger partial charge is 0.236 e. The van der Waals surface area contributed by atoms with Crippen LogP contribution in [0.4, 0.5) is 11.4 Å². The number of amides is 1. The van der Waals surface area contributed by atoms with E-state index in [0.717, 1.165) is 11.4 Å². The van der Waals surface area contributed by atoms with Crippen molar-refractivity contribution in [2.45, 2.75) is 12.2 Å². The van der Waals surface area contributed by atoms with Crippen molar-refractivity contribution in [2.75, 3.05) is 24.3 Å². The molecule has 1 rings (SSSR count). The minimum Gasteiger partial charge on any atom is -0.376 e. The molecule has 3 nitrogen and oxygen atoms in total. The fraction of sp³-hybridized carbons (Fsp3) is 0.364. The van der Waals surface area contributed by atoms with Crippen LogP contribution in [0.2, 0.25) is 0 Å². The topological polar surface area (TPSA) is 32.3 Å². The first-order valence-electron chi connectivity index (χ1n) is 4.77. The van der Waals surface area contributed by atoms with Crippen LogP contribution >= 0.6 is 12.6 Å². The lowest BCUT2D eigenvalue weighted by molar-refractivity contribution is -0.115. The second kappa shape index (κ2) is 5.07. The summed E-state index contributed by atoms with van der Waals surface area (Å²) < 4.78 is 0. The molecule has 0 aliphatic heterocycles. The molecular formula is C11H16N2OS. The van der Waals surface area contributed by atoms with Crippen LogP contribution in [0.5, 0.6) is 0 Å². The van der Waals surface area contributed by atoms with Gasteiger partial charge >= 0.3 is 0 Å². The Kier molecular flexibility index (Phi) is 4.03. The molecule has 1 N–H and O–H groups in total. The Hall–Kier alpha value is -1.16. The largest absolute Gasteiger partial charge is 0.376 e. The number of carbonyl (C=O) groups is 1. The van der Waals surface area contributed by atoms with Gasteiger partial charge in [-0.2, -0.15) is 12.6 Å². The maximum absolute atomic E-state index is 11.5. The minimum atomic E-state index is -0.305. The summed E-state index contributed by atoms with van der Waals surface area (Å²) in [5.74, 6) is -0.0902. The van der Waals surface area contributed by atoms with Crippen molar-refractivity contribution in [3.8, 4) is 0 Å². The van der Waals surface area contributed by atoms with Gasteiger partial charge in [-0.15, -0.1) is 0 Å². The lowest BCUT2D eigenvalue weighted by Gasteiger charge is -2.18. The van der Waals surface area contributed by atoms with Gasteiger partial charge in [0, 0.05) is 14.1 Å². The zero-order valence-corrected chi connectivity index (χ0v) is 10.1. The Bertz CT molecular complexity index is 350. The van der Waals surface area contributed by atoms with Gasteiger partial charge in [0.2, 0.25) is 5.91 Å². The SMILES string of the molecule is CC(S)C(=O)Nc1ccccc1N(C)C. The van der Waals surface area contributed by atoms with Crippen molar-refractivity contribution in [1.29, 1.82) is 0 Å². The summed E-state index contributed by atoms with van der Waals surface area (Å²) in [4.78, 5) is 13.4. The van der Waals surface area contributed by atoms with E-state index in [1.54, 1.807) is 6.92 Å². The molecule has 0 saturated heterocycles. The summed E-state index contributed by atoms with van der Waals surface area (Å²) in [6.45, 7) is 1.75. The van der Waals surface area contributed by atoms with E-state index in [9.17, 15) is 4.79 Å². The first-order valence-corrected chi connectivity index (χ1v) is 5.29. The number of hydrogen-bond donors (Lipinski definition) is 2. The maximum Gasteiger partial charge on any atom is 0.236 e. The number of para-hydroxylation sites is 2. The Morgan fingerprint density at radius 2 is 2.00 bits per heavy atom. The molecule has 82 valence electrons. The molecule has 0 aliphatic carbocycles. The summed E-state index contributed by atoms with van der Waals surface area (Å²) in [5.41, 5.74) is 1.80. The number of nitrogens with zero attached hydrogens (tertiary/aromatic N) is 1. The first-order chi connectivity index (χ1) is 7.02. The molecule has 0 radical (unpaired) electrons. The van der Waals surface area contributed by atoms with Gasteiger partial charge in [-0.05, 0) is 19.1 Å². The normalized spacial score (nSPS) is 12.0. The highest BCUT2D eigenvalue weighted by Gasteiger charge is 2.10. The van der Waals surface area contributed by atoms with Gasteiger partial charge in [0.05, 0.1) is 16.6 Å². The molecule has 1 unspecified atom stereocenters. The maximum atomic E-state index is 11.5. The third kappa shape index (κ3) is 3.16. The second-order valence-electron chi connectivity index (χ2n) is 3.58. The summed E-state index contributed by atoms with van der Waals surface area (Å²) in [6, 6.07) is 7.67. The molecule has 0 bridgehead atoms. The quantitative estimate of drug-likeness (QED) is 0.770. The number of benzene rings is 1. The molecule has 0 spiro atoms. The van der Waals surface area contributed by atoms with Crippen LogP contribution in [0.15, 0.2) is 24.3 Å². The van der Waals surface area contributed by atoms with E-state index >= 15 is 0 Å². The van der Waals surface area contributed by atoms with Gasteiger partial charge in [0.1, 0.15) is 0 Å². The van der Waals surface area contributed by atoms with E-state index in [-0.39, 0.29) is 11.2 Å². The number of thiol groups is 1. The van der Waals surface area contributed by atoms with Crippen molar-refractivity contribution in [1.82, 2.24) is 0 Å². The van der Waals surface area contributed by atoms with Gasteiger partial charge in [-0.1, -0.05) is 12.1 Å². The van der Waals surface area contributed by atoms with E-state index in [0.29, 0.717) is 0 Å². The molecule has 0 saturated carbocycles. The molecule has 4 heteroatoms. The standard InChI is InChI=1S/C11H16N2OS/c1-8(15)11(14)12-9-6-4-5-7-10(9)13(2)3/h4-8,15H,1-3H3,(H,12,14). The van der Waals surface area contributed by atoms with Crippen molar-refractivity contribution in [3.63, 3.8) is 0 Å². The van der Waals surface area contributed by atoms with Crippen LogP contribution in [0.1, 0.15) is 6.92 Å². The van der Waals surface area contributed by atoms with Crippen LogP contribution in [0.25, 0.3) is 0 Å². The van der Waals surface area contributed by atoms with Crippen LogP contribution in [-0.4, -0.2) is 25.3 Å². The lowest BCUT2D eigenvalue weighted by atomic mass is 10.2. The van der Waals surface area contributed by atoms with E-state index in [1.165, 1.54) is 0 Å². The van der Waals surface area contributed by atoms with Gasteiger partial charge in [0.25, 0.3) is 0 Å². The Balaban J connectivity index is 2.89. The van der Waals surface area contributed by atoms with Gasteiger partial charge in [0.15, 0.2) is 0 Å². The zero-order valence-electron chi connectivity index (χ0n) is 9.19. The third-order valence-corrected chi connectivity index (χ3v) is 2.26. The number of rotatable bonds is 3. The summed E-state index contributed by atoms with van der Waals surface area (Å²) in [7, 11) is 3.88. The van der Waals surface area contributed by atoms with Gasteiger partial charge < -0.3 is 10.2 Å². The summed E-state index contributed by atoms with van der Waals surface area (Å²) in [6.07, 6.45) is 0. The van der Waals surface area contributed by atoms with E-state index in [1.807, 2.05) is 43.3 Å². The van der Waals surface area contributed by atoms with Crippen molar-refractivity contribution in [3.05, 3.63) is 24.3 Å². The average Bonchev–Trinajstić information content (AvgIpc) is 2.18. The number of hydrogen-bond acceptors (Lipinski definition) is 3. The highest BCUT2D eigenvalue weighted by molar-refractivity contribution is 7.81. The fourth-order valence-electron chi connectivity index (χ4n) is 1.21. The molecule has 0 aliphatic rings. The van der Waals surface area contributed by atoms with E-state index in [4.69, 9.17) is 0 Å². The van der Waals surface area contributed by atoms with E-state index in [2.05, 4.69) is 17.9 Å².